The van der Waals surface area contributed by atoms with Crippen LogP contribution in [0.5, 0.6) is 0 Å². The lowest BCUT2D eigenvalue weighted by Crippen LogP contribution is -2.31. The largest absolute Gasteiger partial charge is 0.356 e. The number of nitrogens with one attached hydrogen (secondary N) is 1. The number of amides is 1. The Bertz CT molecular complexity index is 321. The van der Waals surface area contributed by atoms with Crippen LogP contribution in [-0.2, 0) is 14.6 Å². The van der Waals surface area contributed by atoms with E-state index in [1.165, 1.54) is 0 Å². The first-order valence-electron chi connectivity index (χ1n) is 4.64. The molecule has 0 aromatic carbocycles. The van der Waals surface area contributed by atoms with Crippen LogP contribution in [0.4, 0.5) is 0 Å². The Hall–Kier alpha value is -0.840. The molecule has 1 saturated heterocycles. The molecule has 0 radical (unpaired) electrons. The minimum absolute atomic E-state index is 0.00687. The summed E-state index contributed by atoms with van der Waals surface area (Å²) in [6.07, 6.45) is 2.89. The van der Waals surface area contributed by atoms with Gasteiger partial charge in [0.15, 0.2) is 9.84 Å². The zero-order valence-corrected chi connectivity index (χ0v) is 8.85. The molecular weight excluding hydrogens is 202 g/mol. The maximum absolute atomic E-state index is 11.4. The molecule has 1 aliphatic heterocycles. The topological polar surface area (TPSA) is 63.2 Å². The molecule has 0 bridgehead atoms. The van der Waals surface area contributed by atoms with Crippen LogP contribution in [0.3, 0.4) is 0 Å². The molecule has 0 aliphatic carbocycles. The first kappa shape index (κ1) is 11.2. The van der Waals surface area contributed by atoms with E-state index in [9.17, 15) is 13.2 Å². The van der Waals surface area contributed by atoms with Crippen LogP contribution in [0.1, 0.15) is 12.8 Å². The van der Waals surface area contributed by atoms with Crippen LogP contribution < -0.4 is 5.32 Å². The number of carbonyl (C=O) groups excluding carboxylic acids is 1. The van der Waals surface area contributed by atoms with Crippen molar-refractivity contribution in [3.05, 3.63) is 12.7 Å². The molecule has 5 heteroatoms. The number of hydrogen-bond acceptors (Lipinski definition) is 3. The van der Waals surface area contributed by atoms with Crippen LogP contribution in [0.25, 0.3) is 0 Å². The lowest BCUT2D eigenvalue weighted by molar-refractivity contribution is -0.124. The van der Waals surface area contributed by atoms with Crippen molar-refractivity contribution in [1.82, 2.24) is 5.32 Å². The molecule has 1 N–H and O–H groups in total. The van der Waals surface area contributed by atoms with Gasteiger partial charge in [-0.2, -0.15) is 0 Å². The maximum atomic E-state index is 11.4. The zero-order chi connectivity index (χ0) is 10.6. The second-order valence-electron chi connectivity index (χ2n) is 3.47. The Morgan fingerprint density at radius 2 is 2.29 bits per heavy atom. The Morgan fingerprint density at radius 3 is 2.79 bits per heavy atom. The predicted octanol–water partition coefficient (Wildman–Crippen LogP) is 0.113. The molecule has 0 spiro atoms. The van der Waals surface area contributed by atoms with E-state index in [1.807, 2.05) is 0 Å². The summed E-state index contributed by atoms with van der Waals surface area (Å²) >= 11 is 0. The molecule has 1 rings (SSSR count). The summed E-state index contributed by atoms with van der Waals surface area (Å²) in [5.74, 6) is -0.336. The molecule has 0 aromatic heterocycles. The number of rotatable bonds is 4. The van der Waals surface area contributed by atoms with Crippen molar-refractivity contribution in [2.45, 2.75) is 12.8 Å². The summed E-state index contributed by atoms with van der Waals surface area (Å²) < 4.78 is 22.2. The van der Waals surface area contributed by atoms with E-state index >= 15 is 0 Å². The normalized spacial score (nSPS) is 24.4. The highest BCUT2D eigenvalue weighted by molar-refractivity contribution is 7.91. The summed E-state index contributed by atoms with van der Waals surface area (Å²) in [7, 11) is -2.95. The van der Waals surface area contributed by atoms with Gasteiger partial charge in [0.2, 0.25) is 5.91 Å². The Kier molecular flexibility index (Phi) is 3.69. The monoisotopic (exact) mass is 217 g/mol. The van der Waals surface area contributed by atoms with Crippen molar-refractivity contribution in [3.8, 4) is 0 Å². The van der Waals surface area contributed by atoms with Gasteiger partial charge in [0, 0.05) is 6.54 Å². The van der Waals surface area contributed by atoms with Crippen LogP contribution in [0.2, 0.25) is 0 Å². The van der Waals surface area contributed by atoms with Crippen LogP contribution in [0, 0.1) is 5.92 Å². The minimum Gasteiger partial charge on any atom is -0.356 e. The summed E-state index contributed by atoms with van der Waals surface area (Å²) in [6, 6.07) is 0. The fourth-order valence-corrected chi connectivity index (χ4v) is 3.18. The third kappa shape index (κ3) is 3.14. The van der Waals surface area contributed by atoms with E-state index in [0.29, 0.717) is 19.4 Å². The van der Waals surface area contributed by atoms with Gasteiger partial charge in [-0.3, -0.25) is 4.79 Å². The van der Waals surface area contributed by atoms with Crippen LogP contribution in [0.15, 0.2) is 12.7 Å². The van der Waals surface area contributed by atoms with Crippen molar-refractivity contribution in [2.24, 2.45) is 5.92 Å². The van der Waals surface area contributed by atoms with E-state index in [2.05, 4.69) is 11.9 Å². The Labute approximate surface area is 84.3 Å². The third-order valence-electron chi connectivity index (χ3n) is 2.25. The van der Waals surface area contributed by atoms with Crippen LogP contribution >= 0.6 is 0 Å². The molecule has 14 heavy (non-hydrogen) atoms. The van der Waals surface area contributed by atoms with Crippen molar-refractivity contribution in [2.75, 3.05) is 18.1 Å². The van der Waals surface area contributed by atoms with Gasteiger partial charge in [0.05, 0.1) is 17.4 Å². The number of carbonyl (C=O) groups is 1. The first-order valence-corrected chi connectivity index (χ1v) is 6.46. The van der Waals surface area contributed by atoms with Gasteiger partial charge in [-0.05, 0) is 12.8 Å². The molecular formula is C9H15NO3S. The van der Waals surface area contributed by atoms with E-state index in [-0.39, 0.29) is 23.3 Å². The molecule has 1 fully saturated rings. The van der Waals surface area contributed by atoms with Gasteiger partial charge in [-0.15, -0.1) is 6.58 Å². The van der Waals surface area contributed by atoms with Crippen molar-refractivity contribution in [1.29, 1.82) is 0 Å². The lowest BCUT2D eigenvalue weighted by Gasteiger charge is -2.07. The summed E-state index contributed by atoms with van der Waals surface area (Å²) in [5, 5.41) is 2.69. The SMILES string of the molecule is C=CCCNC(=O)C1CCS(=O)(=O)C1. The van der Waals surface area contributed by atoms with Crippen molar-refractivity contribution in [3.63, 3.8) is 0 Å². The average molecular weight is 217 g/mol. The molecule has 1 amide bonds. The smallest absolute Gasteiger partial charge is 0.224 e. The molecule has 0 saturated carbocycles. The van der Waals surface area contributed by atoms with Gasteiger partial charge in [-0.1, -0.05) is 6.08 Å². The standard InChI is InChI=1S/C9H15NO3S/c1-2-3-5-10-9(11)8-4-6-14(12,13)7-8/h2,8H,1,3-7H2,(H,10,11). The predicted molar refractivity (Wildman–Crippen MR) is 54.6 cm³/mol. The van der Waals surface area contributed by atoms with Crippen LogP contribution in [-0.4, -0.2) is 32.4 Å². The van der Waals surface area contributed by atoms with E-state index < -0.39 is 9.84 Å². The quantitative estimate of drug-likeness (QED) is 0.537. The van der Waals surface area contributed by atoms with E-state index in [1.54, 1.807) is 6.08 Å². The van der Waals surface area contributed by atoms with Gasteiger partial charge < -0.3 is 5.32 Å². The van der Waals surface area contributed by atoms with Crippen molar-refractivity contribution >= 4 is 15.7 Å². The number of hydrogen-bond donors (Lipinski definition) is 1. The molecule has 1 aliphatic rings. The molecule has 1 unspecified atom stereocenters. The van der Waals surface area contributed by atoms with E-state index in [0.717, 1.165) is 0 Å². The minimum atomic E-state index is -2.95. The average Bonchev–Trinajstić information content (AvgIpc) is 2.46. The Morgan fingerprint density at radius 1 is 1.57 bits per heavy atom. The summed E-state index contributed by atoms with van der Waals surface area (Å²) in [6.45, 7) is 4.07. The second-order valence-corrected chi connectivity index (χ2v) is 5.70. The zero-order valence-electron chi connectivity index (χ0n) is 8.03. The molecule has 4 nitrogen and oxygen atoms in total. The van der Waals surface area contributed by atoms with Gasteiger partial charge in [0.1, 0.15) is 0 Å². The fourth-order valence-electron chi connectivity index (χ4n) is 1.44. The number of sulfone groups is 1. The van der Waals surface area contributed by atoms with Crippen molar-refractivity contribution < 1.29 is 13.2 Å². The van der Waals surface area contributed by atoms with Gasteiger partial charge in [0.25, 0.3) is 0 Å². The lowest BCUT2D eigenvalue weighted by atomic mass is 10.1. The molecule has 0 aromatic rings. The molecule has 1 heterocycles. The highest BCUT2D eigenvalue weighted by Gasteiger charge is 2.32. The maximum Gasteiger partial charge on any atom is 0.224 e. The van der Waals surface area contributed by atoms with Gasteiger partial charge in [-0.25, -0.2) is 8.42 Å². The van der Waals surface area contributed by atoms with E-state index in [4.69, 9.17) is 0 Å². The summed E-state index contributed by atoms with van der Waals surface area (Å²) in [4.78, 5) is 11.4. The molecule has 1 atom stereocenters. The third-order valence-corrected chi connectivity index (χ3v) is 4.02. The highest BCUT2D eigenvalue weighted by Crippen LogP contribution is 2.18. The second kappa shape index (κ2) is 4.59. The van der Waals surface area contributed by atoms with Gasteiger partial charge >= 0.3 is 0 Å². The Balaban J connectivity index is 2.36. The highest BCUT2D eigenvalue weighted by atomic mass is 32.2. The summed E-state index contributed by atoms with van der Waals surface area (Å²) in [5.41, 5.74) is 0. The first-order chi connectivity index (χ1) is 6.55. The fraction of sp³-hybridized carbons (Fsp3) is 0.667. The molecule has 80 valence electrons.